The molecule has 0 aromatic rings. The van der Waals surface area contributed by atoms with Crippen LogP contribution in [0.4, 0.5) is 0 Å². The highest BCUT2D eigenvalue weighted by atomic mass is 16.5. The summed E-state index contributed by atoms with van der Waals surface area (Å²) in [6.45, 7) is 8.57. The number of nitrogens with zero attached hydrogens (tertiary/aromatic N) is 1. The topological polar surface area (TPSA) is 12.5 Å². The first-order valence-electron chi connectivity index (χ1n) is 5.57. The molecule has 0 heterocycles. The quantitative estimate of drug-likeness (QED) is 0.514. The Morgan fingerprint density at radius 2 is 1.69 bits per heavy atom. The minimum atomic E-state index is 0.925. The average molecular weight is 187 g/mol. The van der Waals surface area contributed by atoms with Crippen molar-refractivity contribution in [1.29, 1.82) is 0 Å². The van der Waals surface area contributed by atoms with Crippen LogP contribution in [-0.2, 0) is 4.74 Å². The Hall–Kier alpha value is -0.0800. The van der Waals surface area contributed by atoms with E-state index in [9.17, 15) is 0 Å². The van der Waals surface area contributed by atoms with Crippen molar-refractivity contribution < 1.29 is 4.74 Å². The molecule has 13 heavy (non-hydrogen) atoms. The molecule has 0 N–H and O–H groups in total. The largest absolute Gasteiger partial charge is 0.381 e. The predicted molar refractivity (Wildman–Crippen MR) is 58.1 cm³/mol. The van der Waals surface area contributed by atoms with Gasteiger partial charge >= 0.3 is 0 Å². The summed E-state index contributed by atoms with van der Waals surface area (Å²) in [4.78, 5) is 2.31. The van der Waals surface area contributed by atoms with Gasteiger partial charge in [0.1, 0.15) is 0 Å². The van der Waals surface area contributed by atoms with Crippen molar-refractivity contribution in [1.82, 2.24) is 4.90 Å². The molecule has 0 amide bonds. The van der Waals surface area contributed by atoms with E-state index >= 15 is 0 Å². The third kappa shape index (κ3) is 9.84. The molecule has 0 rings (SSSR count). The molecular formula is C11H25NO. The summed E-state index contributed by atoms with van der Waals surface area (Å²) in [5, 5.41) is 0. The van der Waals surface area contributed by atoms with Crippen LogP contribution in [0.5, 0.6) is 0 Å². The number of unbranched alkanes of at least 4 members (excludes halogenated alkanes) is 2. The second-order valence-electron chi connectivity index (χ2n) is 3.57. The van der Waals surface area contributed by atoms with Crippen molar-refractivity contribution in [2.75, 3.05) is 33.4 Å². The Kier molecular flexibility index (Phi) is 9.94. The molecule has 0 aromatic carbocycles. The number of hydrogen-bond acceptors (Lipinski definition) is 2. The van der Waals surface area contributed by atoms with Crippen LogP contribution >= 0.6 is 0 Å². The van der Waals surface area contributed by atoms with E-state index in [1.54, 1.807) is 0 Å². The summed E-state index contributed by atoms with van der Waals surface area (Å²) in [6, 6.07) is 0. The first-order chi connectivity index (χ1) is 6.31. The molecule has 2 nitrogen and oxygen atoms in total. The van der Waals surface area contributed by atoms with E-state index in [-0.39, 0.29) is 0 Å². The molecule has 0 radical (unpaired) electrons. The molecule has 0 saturated heterocycles. The zero-order valence-corrected chi connectivity index (χ0v) is 9.51. The molecule has 0 aromatic heterocycles. The van der Waals surface area contributed by atoms with Crippen molar-refractivity contribution in [3.05, 3.63) is 0 Å². The normalized spacial score (nSPS) is 11.1. The third-order valence-electron chi connectivity index (χ3n) is 2.26. The SMILES string of the molecule is CCCCCOCCCN(C)CC. The Morgan fingerprint density at radius 1 is 1.00 bits per heavy atom. The maximum Gasteiger partial charge on any atom is 0.0478 e. The van der Waals surface area contributed by atoms with E-state index in [0.29, 0.717) is 0 Å². The molecule has 0 aliphatic carbocycles. The molecule has 0 atom stereocenters. The number of ether oxygens (including phenoxy) is 1. The summed E-state index contributed by atoms with van der Waals surface area (Å²) in [5.41, 5.74) is 0. The van der Waals surface area contributed by atoms with Gasteiger partial charge in [-0.2, -0.15) is 0 Å². The smallest absolute Gasteiger partial charge is 0.0478 e. The van der Waals surface area contributed by atoms with Gasteiger partial charge in [0, 0.05) is 19.8 Å². The Bertz CT molecular complexity index is 96.1. The second-order valence-corrected chi connectivity index (χ2v) is 3.57. The minimum absolute atomic E-state index is 0.925. The van der Waals surface area contributed by atoms with Crippen LogP contribution in [0, 0.1) is 0 Å². The van der Waals surface area contributed by atoms with Crippen LogP contribution in [0.25, 0.3) is 0 Å². The lowest BCUT2D eigenvalue weighted by Gasteiger charge is -2.13. The summed E-state index contributed by atoms with van der Waals surface area (Å²) >= 11 is 0. The molecule has 0 aliphatic heterocycles. The van der Waals surface area contributed by atoms with Crippen LogP contribution < -0.4 is 0 Å². The Balaban J connectivity index is 2.91. The molecule has 0 unspecified atom stereocenters. The van der Waals surface area contributed by atoms with Crippen molar-refractivity contribution in [3.8, 4) is 0 Å². The fourth-order valence-corrected chi connectivity index (χ4v) is 1.15. The molecular weight excluding hydrogens is 162 g/mol. The minimum Gasteiger partial charge on any atom is -0.381 e. The Labute approximate surface area is 83.3 Å². The highest BCUT2D eigenvalue weighted by Crippen LogP contribution is 1.95. The molecule has 0 fully saturated rings. The van der Waals surface area contributed by atoms with Crippen LogP contribution in [0.1, 0.15) is 39.5 Å². The van der Waals surface area contributed by atoms with Crippen LogP contribution in [0.3, 0.4) is 0 Å². The summed E-state index contributed by atoms with van der Waals surface area (Å²) in [6.07, 6.45) is 4.97. The molecule has 0 saturated carbocycles. The van der Waals surface area contributed by atoms with Crippen molar-refractivity contribution in [2.24, 2.45) is 0 Å². The van der Waals surface area contributed by atoms with Crippen LogP contribution in [-0.4, -0.2) is 38.3 Å². The van der Waals surface area contributed by atoms with Crippen molar-refractivity contribution >= 4 is 0 Å². The number of rotatable bonds is 9. The third-order valence-corrected chi connectivity index (χ3v) is 2.26. The average Bonchev–Trinajstić information content (AvgIpc) is 2.16. The monoisotopic (exact) mass is 187 g/mol. The van der Waals surface area contributed by atoms with Gasteiger partial charge in [-0.15, -0.1) is 0 Å². The zero-order valence-electron chi connectivity index (χ0n) is 9.51. The molecule has 0 spiro atoms. The fraction of sp³-hybridized carbons (Fsp3) is 1.00. The van der Waals surface area contributed by atoms with Gasteiger partial charge in [0.15, 0.2) is 0 Å². The predicted octanol–water partition coefficient (Wildman–Crippen LogP) is 2.54. The van der Waals surface area contributed by atoms with E-state index in [0.717, 1.165) is 32.7 Å². The highest BCUT2D eigenvalue weighted by molar-refractivity contribution is 4.46. The van der Waals surface area contributed by atoms with E-state index < -0.39 is 0 Å². The lowest BCUT2D eigenvalue weighted by atomic mass is 10.3. The number of hydrogen-bond donors (Lipinski definition) is 0. The maximum atomic E-state index is 5.50. The van der Waals surface area contributed by atoms with Gasteiger partial charge in [0.25, 0.3) is 0 Å². The molecule has 0 bridgehead atoms. The Morgan fingerprint density at radius 3 is 2.31 bits per heavy atom. The van der Waals surface area contributed by atoms with Gasteiger partial charge in [-0.05, 0) is 26.4 Å². The maximum absolute atomic E-state index is 5.50. The van der Waals surface area contributed by atoms with Gasteiger partial charge in [0.2, 0.25) is 0 Å². The van der Waals surface area contributed by atoms with E-state index in [1.165, 1.54) is 19.3 Å². The summed E-state index contributed by atoms with van der Waals surface area (Å²) in [7, 11) is 2.15. The fourth-order valence-electron chi connectivity index (χ4n) is 1.15. The van der Waals surface area contributed by atoms with Crippen molar-refractivity contribution in [2.45, 2.75) is 39.5 Å². The van der Waals surface area contributed by atoms with E-state index in [2.05, 4.69) is 25.8 Å². The van der Waals surface area contributed by atoms with Gasteiger partial charge in [0.05, 0.1) is 0 Å². The van der Waals surface area contributed by atoms with E-state index in [1.807, 2.05) is 0 Å². The molecule has 80 valence electrons. The van der Waals surface area contributed by atoms with Crippen molar-refractivity contribution in [3.63, 3.8) is 0 Å². The first kappa shape index (κ1) is 12.9. The molecule has 0 aliphatic rings. The second kappa shape index (κ2) is 10.0. The lowest BCUT2D eigenvalue weighted by molar-refractivity contribution is 0.120. The summed E-state index contributed by atoms with van der Waals surface area (Å²) < 4.78 is 5.50. The van der Waals surface area contributed by atoms with Gasteiger partial charge in [-0.3, -0.25) is 0 Å². The van der Waals surface area contributed by atoms with Gasteiger partial charge in [-0.25, -0.2) is 0 Å². The van der Waals surface area contributed by atoms with Gasteiger partial charge in [-0.1, -0.05) is 26.7 Å². The van der Waals surface area contributed by atoms with Crippen LogP contribution in [0.2, 0.25) is 0 Å². The van der Waals surface area contributed by atoms with E-state index in [4.69, 9.17) is 4.74 Å². The van der Waals surface area contributed by atoms with Crippen LogP contribution in [0.15, 0.2) is 0 Å². The summed E-state index contributed by atoms with van der Waals surface area (Å²) in [5.74, 6) is 0. The molecule has 2 heteroatoms. The first-order valence-corrected chi connectivity index (χ1v) is 5.57. The lowest BCUT2D eigenvalue weighted by Crippen LogP contribution is -2.20. The highest BCUT2D eigenvalue weighted by Gasteiger charge is 1.93. The zero-order chi connectivity index (χ0) is 9.94. The standard InChI is InChI=1S/C11H25NO/c1-4-6-7-10-13-11-8-9-12(3)5-2/h4-11H2,1-3H3. The van der Waals surface area contributed by atoms with Gasteiger partial charge < -0.3 is 9.64 Å².